The van der Waals surface area contributed by atoms with E-state index in [1.54, 1.807) is 30.2 Å². The van der Waals surface area contributed by atoms with E-state index in [2.05, 4.69) is 0 Å². The van der Waals surface area contributed by atoms with Crippen LogP contribution < -0.4 is 4.90 Å². The Morgan fingerprint density at radius 1 is 1.09 bits per heavy atom. The van der Waals surface area contributed by atoms with Crippen molar-refractivity contribution < 1.29 is 9.59 Å². The van der Waals surface area contributed by atoms with E-state index in [0.717, 1.165) is 16.2 Å². The van der Waals surface area contributed by atoms with Crippen molar-refractivity contribution in [3.05, 3.63) is 76.7 Å². The van der Waals surface area contributed by atoms with Gasteiger partial charge in [0.05, 0.1) is 5.92 Å². The van der Waals surface area contributed by atoms with E-state index in [4.69, 9.17) is 0 Å². The second-order valence-corrected chi connectivity index (χ2v) is 6.25. The average Bonchev–Trinajstić information content (AvgIpc) is 2.85. The zero-order valence-corrected chi connectivity index (χ0v) is 13.8. The van der Waals surface area contributed by atoms with Crippen LogP contribution in [0.1, 0.15) is 21.8 Å². The van der Waals surface area contributed by atoms with Gasteiger partial charge in [0.1, 0.15) is 0 Å². The maximum absolute atomic E-state index is 12.6. The molecular formula is C19H17NO2S. The number of rotatable bonds is 4. The first-order chi connectivity index (χ1) is 11.1. The second kappa shape index (κ2) is 6.42. The Labute approximate surface area is 140 Å². The normalized spacial score (nSPS) is 17.3. The molecule has 1 aliphatic heterocycles. The fourth-order valence-electron chi connectivity index (χ4n) is 2.83. The first-order valence-electron chi connectivity index (χ1n) is 7.35. The number of hydrogen-bond donors (Lipinski definition) is 0. The number of fused-ring (bicyclic) bond motifs is 1. The number of thioether (sulfide) groups is 1. The Balaban J connectivity index is 2.00. The molecule has 1 amide bonds. The SMILES string of the molecule is CS/C(=C\C(=O)c1ccccc1)C1C(=O)N(C)c2ccccc21. The van der Waals surface area contributed by atoms with Crippen LogP contribution in [0.4, 0.5) is 5.69 Å². The summed E-state index contributed by atoms with van der Waals surface area (Å²) in [5.41, 5.74) is 2.50. The van der Waals surface area contributed by atoms with Gasteiger partial charge in [-0.25, -0.2) is 0 Å². The monoisotopic (exact) mass is 323 g/mol. The fourth-order valence-corrected chi connectivity index (χ4v) is 3.52. The first kappa shape index (κ1) is 15.6. The van der Waals surface area contributed by atoms with Crippen LogP contribution in [0.3, 0.4) is 0 Å². The summed E-state index contributed by atoms with van der Waals surface area (Å²) in [6.45, 7) is 0. The fraction of sp³-hybridized carbons (Fsp3) is 0.158. The molecule has 0 aliphatic carbocycles. The van der Waals surface area contributed by atoms with E-state index in [9.17, 15) is 9.59 Å². The summed E-state index contributed by atoms with van der Waals surface area (Å²) in [5, 5.41) is 0. The second-order valence-electron chi connectivity index (χ2n) is 5.37. The number of benzene rings is 2. The van der Waals surface area contributed by atoms with Gasteiger partial charge in [-0.1, -0.05) is 48.5 Å². The van der Waals surface area contributed by atoms with Crippen molar-refractivity contribution in [3.8, 4) is 0 Å². The topological polar surface area (TPSA) is 37.4 Å². The lowest BCUT2D eigenvalue weighted by atomic mass is 9.98. The summed E-state index contributed by atoms with van der Waals surface area (Å²) in [7, 11) is 1.78. The minimum absolute atomic E-state index is 0.00709. The van der Waals surface area contributed by atoms with E-state index in [0.29, 0.717) is 5.56 Å². The number of anilines is 1. The Kier molecular flexibility index (Phi) is 4.35. The minimum atomic E-state index is -0.390. The number of hydrogen-bond acceptors (Lipinski definition) is 3. The molecule has 3 rings (SSSR count). The van der Waals surface area contributed by atoms with Gasteiger partial charge in [-0.3, -0.25) is 9.59 Å². The molecule has 116 valence electrons. The summed E-state index contributed by atoms with van der Waals surface area (Å²) in [6.07, 6.45) is 3.50. The van der Waals surface area contributed by atoms with Gasteiger partial charge in [-0.15, -0.1) is 11.8 Å². The molecule has 1 aliphatic rings. The summed E-state index contributed by atoms with van der Waals surface area (Å²) in [6, 6.07) is 16.9. The lowest BCUT2D eigenvalue weighted by molar-refractivity contribution is -0.118. The van der Waals surface area contributed by atoms with Gasteiger partial charge in [0.15, 0.2) is 5.78 Å². The highest BCUT2D eigenvalue weighted by molar-refractivity contribution is 8.02. The number of likely N-dealkylation sites (N-methyl/N-ethyl adjacent to an activating group) is 1. The lowest BCUT2D eigenvalue weighted by Crippen LogP contribution is -2.24. The highest BCUT2D eigenvalue weighted by Gasteiger charge is 2.37. The zero-order valence-electron chi connectivity index (χ0n) is 13.0. The molecule has 0 radical (unpaired) electrons. The Hall–Kier alpha value is -2.33. The van der Waals surface area contributed by atoms with Crippen molar-refractivity contribution in [2.24, 2.45) is 0 Å². The van der Waals surface area contributed by atoms with E-state index >= 15 is 0 Å². The van der Waals surface area contributed by atoms with Gasteiger partial charge >= 0.3 is 0 Å². The number of para-hydroxylation sites is 1. The van der Waals surface area contributed by atoms with Crippen LogP contribution in [0, 0.1) is 0 Å². The molecule has 0 aromatic heterocycles. The maximum Gasteiger partial charge on any atom is 0.239 e. The highest BCUT2D eigenvalue weighted by Crippen LogP contribution is 2.43. The average molecular weight is 323 g/mol. The van der Waals surface area contributed by atoms with E-state index in [1.807, 2.05) is 48.7 Å². The van der Waals surface area contributed by atoms with Crippen molar-refractivity contribution in [1.29, 1.82) is 0 Å². The van der Waals surface area contributed by atoms with Crippen molar-refractivity contribution in [1.82, 2.24) is 0 Å². The van der Waals surface area contributed by atoms with Gasteiger partial charge in [0.25, 0.3) is 0 Å². The summed E-state index contributed by atoms with van der Waals surface area (Å²) >= 11 is 1.45. The lowest BCUT2D eigenvalue weighted by Gasteiger charge is -2.13. The Bertz CT molecular complexity index is 783. The van der Waals surface area contributed by atoms with Gasteiger partial charge in [-0.05, 0) is 24.0 Å². The molecule has 0 bridgehead atoms. The van der Waals surface area contributed by atoms with Crippen LogP contribution in [0.5, 0.6) is 0 Å². The van der Waals surface area contributed by atoms with Crippen LogP contribution in [-0.2, 0) is 4.79 Å². The smallest absolute Gasteiger partial charge is 0.239 e. The molecule has 0 fully saturated rings. The van der Waals surface area contributed by atoms with Gasteiger partial charge in [-0.2, -0.15) is 0 Å². The first-order valence-corrected chi connectivity index (χ1v) is 8.57. The Morgan fingerprint density at radius 2 is 1.74 bits per heavy atom. The van der Waals surface area contributed by atoms with E-state index in [1.165, 1.54) is 11.8 Å². The molecule has 0 saturated heterocycles. The number of allylic oxidation sites excluding steroid dienone is 1. The van der Waals surface area contributed by atoms with Gasteiger partial charge in [0, 0.05) is 23.2 Å². The standard InChI is InChI=1S/C19H17NO2S/c1-20-15-11-7-6-10-14(15)18(19(20)22)17(23-2)12-16(21)13-8-4-3-5-9-13/h3-12,18H,1-2H3/b17-12-. The number of nitrogens with zero attached hydrogens (tertiary/aromatic N) is 1. The molecule has 1 unspecified atom stereocenters. The molecular weight excluding hydrogens is 306 g/mol. The van der Waals surface area contributed by atoms with Gasteiger partial charge in [0.2, 0.25) is 5.91 Å². The number of carbonyl (C=O) groups is 2. The molecule has 1 heterocycles. The molecule has 0 saturated carbocycles. The quantitative estimate of drug-likeness (QED) is 0.633. The maximum atomic E-state index is 12.6. The van der Waals surface area contributed by atoms with E-state index in [-0.39, 0.29) is 17.6 Å². The molecule has 4 heteroatoms. The molecule has 3 nitrogen and oxygen atoms in total. The molecule has 23 heavy (non-hydrogen) atoms. The van der Waals surface area contributed by atoms with Crippen LogP contribution in [0.25, 0.3) is 0 Å². The third-order valence-electron chi connectivity index (χ3n) is 4.04. The zero-order chi connectivity index (χ0) is 16.4. The molecule has 2 aromatic rings. The van der Waals surface area contributed by atoms with Crippen molar-refractivity contribution in [2.45, 2.75) is 5.92 Å². The molecule has 2 aromatic carbocycles. The van der Waals surface area contributed by atoms with Crippen LogP contribution in [0.2, 0.25) is 0 Å². The largest absolute Gasteiger partial charge is 0.314 e. The third kappa shape index (κ3) is 2.82. The van der Waals surface area contributed by atoms with Crippen molar-refractivity contribution in [2.75, 3.05) is 18.2 Å². The summed E-state index contributed by atoms with van der Waals surface area (Å²) in [4.78, 5) is 27.5. The molecule has 0 N–H and O–H groups in total. The summed E-state index contributed by atoms with van der Waals surface area (Å²) in [5.74, 6) is -0.457. The van der Waals surface area contributed by atoms with Crippen LogP contribution in [0.15, 0.2) is 65.6 Å². The van der Waals surface area contributed by atoms with Crippen LogP contribution in [-0.4, -0.2) is 25.0 Å². The third-order valence-corrected chi connectivity index (χ3v) is 4.86. The number of carbonyl (C=O) groups excluding carboxylic acids is 2. The van der Waals surface area contributed by atoms with E-state index < -0.39 is 0 Å². The van der Waals surface area contributed by atoms with Crippen LogP contribution >= 0.6 is 11.8 Å². The predicted molar refractivity (Wildman–Crippen MR) is 95.0 cm³/mol. The summed E-state index contributed by atoms with van der Waals surface area (Å²) < 4.78 is 0. The molecule has 1 atom stereocenters. The Morgan fingerprint density at radius 3 is 2.43 bits per heavy atom. The highest BCUT2D eigenvalue weighted by atomic mass is 32.2. The molecule has 0 spiro atoms. The minimum Gasteiger partial charge on any atom is -0.314 e. The number of amides is 1. The predicted octanol–water partition coefficient (Wildman–Crippen LogP) is 3.88. The van der Waals surface area contributed by atoms with Crippen molar-refractivity contribution >= 4 is 29.1 Å². The number of ketones is 1. The van der Waals surface area contributed by atoms with Gasteiger partial charge < -0.3 is 4.90 Å². The van der Waals surface area contributed by atoms with Crippen molar-refractivity contribution in [3.63, 3.8) is 0 Å².